The van der Waals surface area contributed by atoms with Crippen LogP contribution in [-0.4, -0.2) is 88.5 Å². The van der Waals surface area contributed by atoms with E-state index in [1.165, 1.54) is 24.8 Å². The maximum atomic E-state index is 15.1. The predicted molar refractivity (Wildman–Crippen MR) is 227 cm³/mol. The quantitative estimate of drug-likeness (QED) is 0.173. The number of hydrogen-bond donors (Lipinski definition) is 1. The van der Waals surface area contributed by atoms with Crippen LogP contribution in [0.5, 0.6) is 5.75 Å². The van der Waals surface area contributed by atoms with E-state index in [9.17, 15) is 13.2 Å². The molecule has 6 aliphatic rings. The second-order valence-electron chi connectivity index (χ2n) is 18.3. The summed E-state index contributed by atoms with van der Waals surface area (Å²) < 4.78 is 38.4. The smallest absolute Gasteiger partial charge is 0.264 e. The topological polar surface area (TPSA) is 119 Å². The number of nitrogens with zero attached hydrogens (tertiary/aromatic N) is 5. The van der Waals surface area contributed by atoms with Crippen LogP contribution < -0.4 is 9.46 Å². The first-order chi connectivity index (χ1) is 28.0. The minimum absolute atomic E-state index is 0.0819. The molecule has 2 aromatic heterocycles. The van der Waals surface area contributed by atoms with Crippen LogP contribution >= 0.6 is 0 Å². The van der Waals surface area contributed by atoms with Gasteiger partial charge in [-0.15, -0.1) is 0 Å². The number of hydrogen-bond acceptors (Lipinski definition) is 7. The summed E-state index contributed by atoms with van der Waals surface area (Å²) in [5.41, 5.74) is 9.02. The number of carbonyl (C=O) groups excluding carboxylic acids is 2. The van der Waals surface area contributed by atoms with Crippen LogP contribution in [-0.2, 0) is 16.6 Å². The van der Waals surface area contributed by atoms with Gasteiger partial charge in [0.2, 0.25) is 10.0 Å². The van der Waals surface area contributed by atoms with Gasteiger partial charge in [0.25, 0.3) is 11.8 Å². The number of sulfonamides is 1. The molecule has 306 valence electrons. The Balaban J connectivity index is 1.14. The Hall–Kier alpha value is -4.42. The first-order valence-electron chi connectivity index (χ1n) is 21.7. The fraction of sp³-hybridized carbons (Fsp3) is 0.543. The lowest BCUT2D eigenvalue weighted by Crippen LogP contribution is -2.49. The molecule has 2 bridgehead atoms. The van der Waals surface area contributed by atoms with E-state index in [0.717, 1.165) is 127 Å². The van der Waals surface area contributed by atoms with E-state index in [0.29, 0.717) is 29.6 Å². The van der Waals surface area contributed by atoms with E-state index in [2.05, 4.69) is 42.0 Å². The highest BCUT2D eigenvalue weighted by molar-refractivity contribution is 7.90. The zero-order chi connectivity index (χ0) is 40.0. The van der Waals surface area contributed by atoms with Gasteiger partial charge >= 0.3 is 0 Å². The molecule has 2 atom stereocenters. The third kappa shape index (κ3) is 6.40. The molecular weight excluding hydrogens is 749 g/mol. The van der Waals surface area contributed by atoms with Crippen molar-refractivity contribution < 1.29 is 22.7 Å². The Kier molecular flexibility index (Phi) is 9.39. The third-order valence-corrected chi connectivity index (χ3v) is 15.9. The Morgan fingerprint density at radius 3 is 2.38 bits per heavy atom. The van der Waals surface area contributed by atoms with E-state index < -0.39 is 21.2 Å². The molecule has 11 nitrogen and oxygen atoms in total. The number of rotatable bonds is 10. The van der Waals surface area contributed by atoms with E-state index >= 15 is 4.79 Å². The number of aromatic nitrogens is 3. The standard InChI is InChI=1S/C46H56N6O5S/c1-27(2)58(55,56)48-45(53)31-15-17-39-40(21-31)51-24-33(19-32-20-37(57-4)16-18-38(32)44(51)42(39)30-9-6-5-7-10-30)43-41(28(3)47-52(43)34-11-8-12-34)46(54)50-26-35-22-36(50)25-49(35)23-29-13-14-29/h15-21,27,29-30,34-36H,5-14,22-26H2,1-4H3,(H,48,53)/t35-,36-/m1/s1. The number of carbonyl (C=O) groups is 2. The SMILES string of the molecule is COc1ccc2c(c1)C=C(c1c(C(=O)N3C[C@H]4C[C@@H]3CN4CC3CC3)c(C)nn1C1CCC1)Cn1c-2c(C2CCCCC2)c2ccc(C(=O)NS(=O)(=O)C(C)C)cc21. The molecule has 58 heavy (non-hydrogen) atoms. The van der Waals surface area contributed by atoms with E-state index in [4.69, 9.17) is 9.84 Å². The molecular formula is C46H56N6O5S. The van der Waals surface area contributed by atoms with E-state index in [1.807, 2.05) is 25.1 Å². The number of likely N-dealkylation sites (tertiary alicyclic amines) is 2. The van der Waals surface area contributed by atoms with Gasteiger partial charge in [-0.1, -0.05) is 25.3 Å². The first kappa shape index (κ1) is 37.8. The van der Waals surface area contributed by atoms with Crippen LogP contribution in [0.4, 0.5) is 0 Å². The van der Waals surface area contributed by atoms with Gasteiger partial charge in [-0.3, -0.25) is 19.2 Å². The van der Waals surface area contributed by atoms with Crippen LogP contribution in [0.15, 0.2) is 36.4 Å². The molecule has 12 heteroatoms. The molecule has 3 saturated carbocycles. The number of methoxy groups -OCH3 is 1. The molecule has 0 spiro atoms. The number of aryl methyl sites for hydroxylation is 1. The van der Waals surface area contributed by atoms with Gasteiger partial charge in [-0.25, -0.2) is 13.1 Å². The summed E-state index contributed by atoms with van der Waals surface area (Å²) in [5, 5.41) is 5.53. The van der Waals surface area contributed by atoms with Crippen molar-refractivity contribution in [1.82, 2.24) is 28.9 Å². The summed E-state index contributed by atoms with van der Waals surface area (Å²) in [4.78, 5) is 33.5. The minimum Gasteiger partial charge on any atom is -0.497 e. The molecule has 0 radical (unpaired) electrons. The predicted octanol–water partition coefficient (Wildman–Crippen LogP) is 7.93. The van der Waals surface area contributed by atoms with Gasteiger partial charge in [0.15, 0.2) is 0 Å². The van der Waals surface area contributed by atoms with Gasteiger partial charge in [0, 0.05) is 53.7 Å². The molecule has 5 fully saturated rings. The number of benzene rings is 2. The summed E-state index contributed by atoms with van der Waals surface area (Å²) in [6, 6.07) is 12.8. The number of piperazine rings is 1. The Morgan fingerprint density at radius 2 is 1.71 bits per heavy atom. The van der Waals surface area contributed by atoms with Gasteiger partial charge in [-0.2, -0.15) is 5.10 Å². The van der Waals surface area contributed by atoms with Crippen LogP contribution in [0.3, 0.4) is 0 Å². The van der Waals surface area contributed by atoms with Crippen LogP contribution in [0, 0.1) is 12.8 Å². The highest BCUT2D eigenvalue weighted by Gasteiger charge is 2.48. The average molecular weight is 805 g/mol. The number of amides is 2. The van der Waals surface area contributed by atoms with Crippen molar-refractivity contribution >= 4 is 44.4 Å². The largest absolute Gasteiger partial charge is 0.497 e. The lowest BCUT2D eigenvalue weighted by atomic mass is 9.81. The molecule has 10 rings (SSSR count). The fourth-order valence-corrected chi connectivity index (χ4v) is 11.2. The molecule has 4 aromatic rings. The summed E-state index contributed by atoms with van der Waals surface area (Å²) in [7, 11) is -2.14. The second-order valence-corrected chi connectivity index (χ2v) is 20.5. The van der Waals surface area contributed by atoms with Crippen molar-refractivity contribution in [3.63, 3.8) is 0 Å². The Bertz CT molecular complexity index is 2470. The maximum absolute atomic E-state index is 15.1. The molecule has 3 aliphatic heterocycles. The van der Waals surface area contributed by atoms with Crippen molar-refractivity contribution in [3.05, 3.63) is 70.0 Å². The van der Waals surface area contributed by atoms with Crippen molar-refractivity contribution in [1.29, 1.82) is 0 Å². The van der Waals surface area contributed by atoms with Crippen molar-refractivity contribution in [2.45, 2.75) is 127 Å². The average Bonchev–Trinajstić information content (AvgIpc) is 3.53. The molecule has 1 N–H and O–H groups in total. The number of fused-ring (bicyclic) bond motifs is 7. The van der Waals surface area contributed by atoms with Gasteiger partial charge in [0.1, 0.15) is 5.75 Å². The monoisotopic (exact) mass is 804 g/mol. The van der Waals surface area contributed by atoms with Crippen LogP contribution in [0.2, 0.25) is 0 Å². The molecule has 2 saturated heterocycles. The zero-order valence-corrected chi connectivity index (χ0v) is 35.1. The molecule has 2 amide bonds. The Labute approximate surface area is 341 Å². The maximum Gasteiger partial charge on any atom is 0.264 e. The third-order valence-electron chi connectivity index (χ3n) is 14.2. The van der Waals surface area contributed by atoms with Crippen molar-refractivity contribution in [2.75, 3.05) is 26.7 Å². The van der Waals surface area contributed by atoms with E-state index in [-0.39, 0.29) is 18.0 Å². The lowest BCUT2D eigenvalue weighted by Gasteiger charge is -2.34. The number of ether oxygens (including phenoxy) is 1. The molecule has 2 aromatic carbocycles. The minimum atomic E-state index is -3.84. The number of allylic oxidation sites excluding steroid dienone is 1. The van der Waals surface area contributed by atoms with Crippen LogP contribution in [0.1, 0.15) is 140 Å². The molecule has 5 heterocycles. The fourth-order valence-electron chi connectivity index (χ4n) is 10.6. The first-order valence-corrected chi connectivity index (χ1v) is 23.3. The summed E-state index contributed by atoms with van der Waals surface area (Å²) in [6.07, 6.45) is 14.8. The highest BCUT2D eigenvalue weighted by atomic mass is 32.2. The zero-order valence-electron chi connectivity index (χ0n) is 34.3. The van der Waals surface area contributed by atoms with Crippen molar-refractivity contribution in [2.24, 2.45) is 5.92 Å². The molecule has 3 aliphatic carbocycles. The lowest BCUT2D eigenvalue weighted by molar-refractivity contribution is 0.0618. The summed E-state index contributed by atoms with van der Waals surface area (Å²) >= 11 is 0. The summed E-state index contributed by atoms with van der Waals surface area (Å²) in [5.74, 6) is 1.36. The summed E-state index contributed by atoms with van der Waals surface area (Å²) in [6.45, 7) is 8.45. The Morgan fingerprint density at radius 1 is 0.914 bits per heavy atom. The van der Waals surface area contributed by atoms with Crippen LogP contribution in [0.25, 0.3) is 33.8 Å². The van der Waals surface area contributed by atoms with Gasteiger partial charge in [-0.05, 0) is 137 Å². The second kappa shape index (κ2) is 14.4. The highest BCUT2D eigenvalue weighted by Crippen LogP contribution is 2.49. The van der Waals surface area contributed by atoms with Crippen molar-refractivity contribution in [3.8, 4) is 17.0 Å². The molecule has 0 unspecified atom stereocenters. The van der Waals surface area contributed by atoms with Gasteiger partial charge in [0.05, 0.1) is 47.6 Å². The van der Waals surface area contributed by atoms with Gasteiger partial charge < -0.3 is 14.2 Å². The normalized spacial score (nSPS) is 22.5. The van der Waals surface area contributed by atoms with E-state index in [1.54, 1.807) is 27.0 Å². The number of nitrogens with one attached hydrogen (secondary N) is 1.